The van der Waals surface area contributed by atoms with Crippen LogP contribution in [0.3, 0.4) is 0 Å². The highest BCUT2D eigenvalue weighted by Gasteiger charge is 2.22. The molecule has 0 bridgehead atoms. The van der Waals surface area contributed by atoms with E-state index in [2.05, 4.69) is 40.7 Å². The number of aryl methyl sites for hydroxylation is 1. The van der Waals surface area contributed by atoms with Gasteiger partial charge in [-0.3, -0.25) is 0 Å². The zero-order chi connectivity index (χ0) is 17.0. The monoisotopic (exact) mass is 317 g/mol. The van der Waals surface area contributed by atoms with Crippen LogP contribution in [-0.2, 0) is 6.42 Å². The molecule has 0 aliphatic rings. The highest BCUT2D eigenvalue weighted by Crippen LogP contribution is 2.20. The predicted molar refractivity (Wildman–Crippen MR) is 93.6 cm³/mol. The third-order valence-corrected chi connectivity index (χ3v) is 4.06. The summed E-state index contributed by atoms with van der Waals surface area (Å²) in [6.45, 7) is 8.69. The molecule has 2 aromatic rings. The fourth-order valence-corrected chi connectivity index (χ4v) is 2.38. The van der Waals surface area contributed by atoms with Crippen molar-refractivity contribution in [1.82, 2.24) is 15.6 Å². The van der Waals surface area contributed by atoms with Gasteiger partial charge in [-0.2, -0.15) is 0 Å². The molecule has 0 saturated carbocycles. The Kier molecular flexibility index (Phi) is 5.31. The number of amides is 2. The van der Waals surface area contributed by atoms with Crippen molar-refractivity contribution in [2.75, 3.05) is 13.1 Å². The molecule has 4 N–H and O–H groups in total. The maximum absolute atomic E-state index is 11.8. The van der Waals surface area contributed by atoms with Crippen LogP contribution < -0.4 is 10.6 Å². The normalized spacial score (nSPS) is 13.1. The lowest BCUT2D eigenvalue weighted by molar-refractivity contribution is 0.0650. The van der Waals surface area contributed by atoms with Gasteiger partial charge in [0, 0.05) is 30.2 Å². The molecule has 1 unspecified atom stereocenters. The number of H-pyrrole nitrogens is 1. The van der Waals surface area contributed by atoms with Crippen molar-refractivity contribution < 1.29 is 9.90 Å². The van der Waals surface area contributed by atoms with Gasteiger partial charge in [-0.05, 0) is 36.0 Å². The van der Waals surface area contributed by atoms with Crippen molar-refractivity contribution in [2.24, 2.45) is 5.41 Å². The Balaban J connectivity index is 1.79. The lowest BCUT2D eigenvalue weighted by Gasteiger charge is -2.25. The van der Waals surface area contributed by atoms with E-state index in [9.17, 15) is 9.90 Å². The number of aromatic amines is 1. The van der Waals surface area contributed by atoms with E-state index in [0.717, 1.165) is 11.9 Å². The smallest absolute Gasteiger partial charge is 0.314 e. The van der Waals surface area contributed by atoms with Gasteiger partial charge in [0.1, 0.15) is 0 Å². The summed E-state index contributed by atoms with van der Waals surface area (Å²) in [5, 5.41) is 16.6. The van der Waals surface area contributed by atoms with Gasteiger partial charge in [0.05, 0.1) is 6.10 Å². The van der Waals surface area contributed by atoms with Gasteiger partial charge in [0.15, 0.2) is 0 Å². The summed E-state index contributed by atoms with van der Waals surface area (Å²) in [7, 11) is 0. The maximum Gasteiger partial charge on any atom is 0.314 e. The third-order valence-electron chi connectivity index (χ3n) is 4.06. The molecule has 1 aromatic heterocycles. The number of nitrogens with one attached hydrogen (secondary N) is 3. The number of rotatable bonds is 5. The molecule has 0 saturated heterocycles. The van der Waals surface area contributed by atoms with E-state index >= 15 is 0 Å². The van der Waals surface area contributed by atoms with Crippen LogP contribution in [0, 0.1) is 12.3 Å². The second kappa shape index (κ2) is 7.04. The number of fused-ring (bicyclic) bond motifs is 1. The highest BCUT2D eigenvalue weighted by atomic mass is 16.3. The molecule has 0 fully saturated rings. The number of urea groups is 1. The van der Waals surface area contributed by atoms with Crippen molar-refractivity contribution in [3.8, 4) is 0 Å². The standard InChI is InChI=1S/C18H27N3O2/c1-12-5-6-14-13(10-20-15(14)9-12)7-8-19-17(23)21-11-16(22)18(2,3)4/h5-6,9-10,16,20,22H,7-8,11H2,1-4H3,(H2,19,21,23). The van der Waals surface area contributed by atoms with E-state index in [-0.39, 0.29) is 18.0 Å². The van der Waals surface area contributed by atoms with Crippen LogP contribution in [0.4, 0.5) is 4.79 Å². The van der Waals surface area contributed by atoms with Crippen LogP contribution in [0.25, 0.3) is 10.9 Å². The zero-order valence-corrected chi connectivity index (χ0v) is 14.4. The first kappa shape index (κ1) is 17.3. The Labute approximate surface area is 137 Å². The first-order chi connectivity index (χ1) is 10.8. The molecule has 126 valence electrons. The molecule has 0 spiro atoms. The van der Waals surface area contributed by atoms with Crippen LogP contribution >= 0.6 is 0 Å². The number of carbonyl (C=O) groups is 1. The Bertz CT molecular complexity index is 670. The van der Waals surface area contributed by atoms with E-state index in [1.54, 1.807) is 0 Å². The van der Waals surface area contributed by atoms with Crippen LogP contribution in [-0.4, -0.2) is 35.3 Å². The topological polar surface area (TPSA) is 77.2 Å². The lowest BCUT2D eigenvalue weighted by Crippen LogP contribution is -2.44. The summed E-state index contributed by atoms with van der Waals surface area (Å²) in [6, 6.07) is 6.07. The van der Waals surface area contributed by atoms with Crippen LogP contribution in [0.5, 0.6) is 0 Å². The summed E-state index contributed by atoms with van der Waals surface area (Å²) in [5.74, 6) is 0. The van der Waals surface area contributed by atoms with Crippen LogP contribution in [0.1, 0.15) is 31.9 Å². The lowest BCUT2D eigenvalue weighted by atomic mass is 9.89. The van der Waals surface area contributed by atoms with Crippen molar-refractivity contribution in [3.63, 3.8) is 0 Å². The van der Waals surface area contributed by atoms with Crippen molar-refractivity contribution in [3.05, 3.63) is 35.5 Å². The number of aliphatic hydroxyl groups excluding tert-OH is 1. The Morgan fingerprint density at radius 3 is 2.74 bits per heavy atom. The first-order valence-electron chi connectivity index (χ1n) is 8.04. The average Bonchev–Trinajstić information content (AvgIpc) is 2.86. The van der Waals surface area contributed by atoms with Gasteiger partial charge in [-0.1, -0.05) is 32.9 Å². The molecule has 2 amide bonds. The fraction of sp³-hybridized carbons (Fsp3) is 0.500. The third kappa shape index (κ3) is 4.73. The second-order valence-electron chi connectivity index (χ2n) is 7.13. The molecule has 5 heteroatoms. The van der Waals surface area contributed by atoms with Gasteiger partial charge < -0.3 is 20.7 Å². The average molecular weight is 317 g/mol. The molecule has 23 heavy (non-hydrogen) atoms. The number of aliphatic hydroxyl groups is 1. The minimum atomic E-state index is -0.565. The minimum absolute atomic E-state index is 0.241. The quantitative estimate of drug-likeness (QED) is 0.684. The first-order valence-corrected chi connectivity index (χ1v) is 8.04. The number of hydrogen-bond acceptors (Lipinski definition) is 2. The van der Waals surface area contributed by atoms with E-state index in [1.807, 2.05) is 27.0 Å². The molecule has 0 radical (unpaired) electrons. The van der Waals surface area contributed by atoms with E-state index in [1.165, 1.54) is 16.5 Å². The fourth-order valence-electron chi connectivity index (χ4n) is 2.38. The molecule has 0 aliphatic heterocycles. The molecule has 2 rings (SSSR count). The predicted octanol–water partition coefficient (Wildman–Crippen LogP) is 2.73. The largest absolute Gasteiger partial charge is 0.391 e. The van der Waals surface area contributed by atoms with Crippen LogP contribution in [0.2, 0.25) is 0 Å². The van der Waals surface area contributed by atoms with E-state index in [4.69, 9.17) is 0 Å². The van der Waals surface area contributed by atoms with Crippen molar-refractivity contribution >= 4 is 16.9 Å². The number of hydrogen-bond donors (Lipinski definition) is 4. The molecule has 1 atom stereocenters. The van der Waals surface area contributed by atoms with Gasteiger partial charge in [0.25, 0.3) is 0 Å². The van der Waals surface area contributed by atoms with Crippen molar-refractivity contribution in [1.29, 1.82) is 0 Å². The Morgan fingerprint density at radius 2 is 2.04 bits per heavy atom. The SMILES string of the molecule is Cc1ccc2c(CCNC(=O)NCC(O)C(C)(C)C)c[nH]c2c1. The maximum atomic E-state index is 11.8. The molecule has 5 nitrogen and oxygen atoms in total. The summed E-state index contributed by atoms with van der Waals surface area (Å²) in [5.41, 5.74) is 3.30. The number of benzene rings is 1. The van der Waals surface area contributed by atoms with Gasteiger partial charge >= 0.3 is 6.03 Å². The van der Waals surface area contributed by atoms with Gasteiger partial charge in [-0.25, -0.2) is 4.79 Å². The van der Waals surface area contributed by atoms with Gasteiger partial charge in [0.2, 0.25) is 0 Å². The summed E-state index contributed by atoms with van der Waals surface area (Å²) >= 11 is 0. The molecular formula is C18H27N3O2. The van der Waals surface area contributed by atoms with E-state index in [0.29, 0.717) is 6.54 Å². The summed E-state index contributed by atoms with van der Waals surface area (Å²) in [4.78, 5) is 15.0. The Hall–Kier alpha value is -2.01. The minimum Gasteiger partial charge on any atom is -0.391 e. The molecular weight excluding hydrogens is 290 g/mol. The summed E-state index contributed by atoms with van der Waals surface area (Å²) < 4.78 is 0. The second-order valence-corrected chi connectivity index (χ2v) is 7.13. The van der Waals surface area contributed by atoms with Gasteiger partial charge in [-0.15, -0.1) is 0 Å². The zero-order valence-electron chi connectivity index (χ0n) is 14.4. The Morgan fingerprint density at radius 1 is 1.30 bits per heavy atom. The van der Waals surface area contributed by atoms with Crippen molar-refractivity contribution in [2.45, 2.75) is 40.2 Å². The number of aromatic nitrogens is 1. The molecule has 0 aliphatic carbocycles. The highest BCUT2D eigenvalue weighted by molar-refractivity contribution is 5.83. The van der Waals surface area contributed by atoms with E-state index < -0.39 is 6.10 Å². The molecule has 1 aromatic carbocycles. The number of carbonyl (C=O) groups excluding carboxylic acids is 1. The summed E-state index contributed by atoms with van der Waals surface area (Å²) in [6.07, 6.45) is 2.19. The van der Waals surface area contributed by atoms with Crippen LogP contribution in [0.15, 0.2) is 24.4 Å². The molecule has 1 heterocycles.